The van der Waals surface area contributed by atoms with Crippen LogP contribution in [0, 0.1) is 21.7 Å². The van der Waals surface area contributed by atoms with Gasteiger partial charge in [0.05, 0.1) is 36.3 Å². The molecule has 188 valence electrons. The van der Waals surface area contributed by atoms with Crippen molar-refractivity contribution in [1.29, 1.82) is 0 Å². The van der Waals surface area contributed by atoms with Gasteiger partial charge in [-0.1, -0.05) is 20.8 Å². The summed E-state index contributed by atoms with van der Waals surface area (Å²) >= 11 is 0. The number of fused-ring (bicyclic) bond motifs is 1. The van der Waals surface area contributed by atoms with Gasteiger partial charge in [-0.2, -0.15) is 0 Å². The predicted molar refractivity (Wildman–Crippen MR) is 130 cm³/mol. The van der Waals surface area contributed by atoms with Crippen LogP contribution < -0.4 is 14.2 Å². The van der Waals surface area contributed by atoms with Crippen LogP contribution in [0.3, 0.4) is 0 Å². The lowest BCUT2D eigenvalue weighted by atomic mass is 10.1. The summed E-state index contributed by atoms with van der Waals surface area (Å²) in [6.07, 6.45) is 1.41. The van der Waals surface area contributed by atoms with Crippen LogP contribution in [0.1, 0.15) is 20.8 Å². The number of nitro benzene ring substituents is 1. The predicted octanol–water partition coefficient (Wildman–Crippen LogP) is 6.62. The second kappa shape index (κ2) is 10.1. The zero-order valence-corrected chi connectivity index (χ0v) is 21.5. The topological polar surface area (TPSA) is 93.0 Å². The minimum atomic E-state index is -1.94. The lowest BCUT2D eigenvalue weighted by Crippen LogP contribution is -2.41. The van der Waals surface area contributed by atoms with Crippen LogP contribution in [0.2, 0.25) is 18.1 Å². The van der Waals surface area contributed by atoms with E-state index < -0.39 is 36.3 Å². The van der Waals surface area contributed by atoms with Crippen LogP contribution in [0.15, 0.2) is 36.5 Å². The Labute approximate surface area is 203 Å². The van der Waals surface area contributed by atoms with Crippen molar-refractivity contribution in [3.05, 3.63) is 58.3 Å². The fourth-order valence-electron chi connectivity index (χ4n) is 3.01. The lowest BCUT2D eigenvalue weighted by molar-refractivity contribution is -0.385. The third-order valence-electron chi connectivity index (χ3n) is 6.00. The normalized spacial score (nSPS) is 12.0. The third-order valence-corrected chi connectivity index (χ3v) is 10.5. The maximum Gasteiger partial charge on any atom is 0.275 e. The Bertz CT molecular complexity index is 1220. The van der Waals surface area contributed by atoms with E-state index in [1.54, 1.807) is 12.1 Å². The van der Waals surface area contributed by atoms with Gasteiger partial charge in [-0.3, -0.25) is 15.1 Å². The first kappa shape index (κ1) is 26.3. The summed E-state index contributed by atoms with van der Waals surface area (Å²) in [5.74, 6) is -2.27. The van der Waals surface area contributed by atoms with Crippen LogP contribution in [0.4, 0.5) is 14.5 Å². The Morgan fingerprint density at radius 2 is 1.69 bits per heavy atom. The van der Waals surface area contributed by atoms with E-state index in [0.717, 1.165) is 0 Å². The van der Waals surface area contributed by atoms with Gasteiger partial charge in [0.15, 0.2) is 37.2 Å². The third kappa shape index (κ3) is 5.85. The second-order valence-corrected chi connectivity index (χ2v) is 14.2. The van der Waals surface area contributed by atoms with Crippen molar-refractivity contribution in [2.45, 2.75) is 38.9 Å². The first-order valence-electron chi connectivity index (χ1n) is 10.9. The number of nitrogens with zero attached hydrogens (tertiary/aromatic N) is 2. The van der Waals surface area contributed by atoms with E-state index in [1.165, 1.54) is 19.4 Å². The van der Waals surface area contributed by atoms with E-state index in [9.17, 15) is 18.9 Å². The van der Waals surface area contributed by atoms with E-state index in [4.69, 9.17) is 18.6 Å². The van der Waals surface area contributed by atoms with E-state index in [1.807, 2.05) is 0 Å². The summed E-state index contributed by atoms with van der Waals surface area (Å²) in [7, 11) is -0.449. The number of halogens is 2. The molecule has 1 aromatic heterocycles. The first-order valence-corrected chi connectivity index (χ1v) is 13.8. The van der Waals surface area contributed by atoms with Crippen molar-refractivity contribution < 1.29 is 32.3 Å². The minimum absolute atomic E-state index is 0.0635. The van der Waals surface area contributed by atoms with Crippen LogP contribution in [-0.4, -0.2) is 38.5 Å². The SMILES string of the molecule is COc1cc2nccc(Oc3c(F)cc([N+](=O)[O-])cc3F)c2cc1OCCO[Si](C)(C)C(C)(C)C. The van der Waals surface area contributed by atoms with Crippen molar-refractivity contribution in [2.24, 2.45) is 0 Å². The first-order chi connectivity index (χ1) is 16.3. The molecule has 3 aromatic rings. The molecular formula is C24H28F2N2O6Si. The molecule has 0 N–H and O–H groups in total. The number of hydrogen-bond donors (Lipinski definition) is 0. The molecule has 0 aliphatic carbocycles. The maximum atomic E-state index is 14.4. The van der Waals surface area contributed by atoms with Gasteiger partial charge in [0.2, 0.25) is 0 Å². The van der Waals surface area contributed by atoms with Crippen LogP contribution in [-0.2, 0) is 4.43 Å². The highest BCUT2D eigenvalue weighted by Gasteiger charge is 2.37. The Morgan fingerprint density at radius 3 is 2.26 bits per heavy atom. The molecule has 0 radical (unpaired) electrons. The molecule has 0 aliphatic rings. The molecule has 0 unspecified atom stereocenters. The zero-order valence-electron chi connectivity index (χ0n) is 20.5. The molecule has 0 spiro atoms. The van der Waals surface area contributed by atoms with Crippen LogP contribution in [0.5, 0.6) is 23.0 Å². The number of aromatic nitrogens is 1. The Kier molecular flexibility index (Phi) is 7.61. The molecule has 2 aromatic carbocycles. The minimum Gasteiger partial charge on any atom is -0.493 e. The number of ether oxygens (including phenoxy) is 3. The number of non-ortho nitro benzene ring substituents is 1. The van der Waals surface area contributed by atoms with Crippen molar-refractivity contribution >= 4 is 24.9 Å². The molecule has 11 heteroatoms. The van der Waals surface area contributed by atoms with Crippen LogP contribution >= 0.6 is 0 Å². The highest BCUT2D eigenvalue weighted by atomic mass is 28.4. The lowest BCUT2D eigenvalue weighted by Gasteiger charge is -2.36. The van der Waals surface area contributed by atoms with Gasteiger partial charge < -0.3 is 18.6 Å². The Balaban J connectivity index is 1.88. The standard InChI is InChI=1S/C24H28F2N2O6Si/c1-24(2,3)35(5,6)33-10-9-32-22-13-16-19(14-21(22)31-4)27-8-7-20(16)34-23-17(25)11-15(28(29)30)12-18(23)26/h7-8,11-14H,9-10H2,1-6H3. The van der Waals surface area contributed by atoms with Gasteiger partial charge in [-0.25, -0.2) is 8.78 Å². The summed E-state index contributed by atoms with van der Waals surface area (Å²) in [6, 6.07) is 5.85. The summed E-state index contributed by atoms with van der Waals surface area (Å²) < 4.78 is 51.8. The monoisotopic (exact) mass is 506 g/mol. The molecule has 3 rings (SSSR count). The number of methoxy groups -OCH3 is 1. The quantitative estimate of drug-likeness (QED) is 0.139. The molecule has 0 bridgehead atoms. The van der Waals surface area contributed by atoms with Gasteiger partial charge in [0.25, 0.3) is 5.69 Å². The molecule has 0 fully saturated rings. The van der Waals surface area contributed by atoms with Crippen molar-refractivity contribution in [1.82, 2.24) is 4.98 Å². The molecule has 0 atom stereocenters. The van der Waals surface area contributed by atoms with Gasteiger partial charge in [-0.05, 0) is 30.3 Å². The fourth-order valence-corrected chi connectivity index (χ4v) is 4.04. The molecule has 0 saturated carbocycles. The number of benzene rings is 2. The average molecular weight is 507 g/mol. The van der Waals surface area contributed by atoms with Gasteiger partial charge in [-0.15, -0.1) is 0 Å². The largest absolute Gasteiger partial charge is 0.493 e. The number of pyridine rings is 1. The van der Waals surface area contributed by atoms with Crippen molar-refractivity contribution in [2.75, 3.05) is 20.3 Å². The molecule has 1 heterocycles. The van der Waals surface area contributed by atoms with E-state index in [-0.39, 0.29) is 17.4 Å². The van der Waals surface area contributed by atoms with Gasteiger partial charge in [0.1, 0.15) is 12.4 Å². The second-order valence-electron chi connectivity index (χ2n) is 9.38. The van der Waals surface area contributed by atoms with Crippen LogP contribution in [0.25, 0.3) is 10.9 Å². The summed E-state index contributed by atoms with van der Waals surface area (Å²) in [5, 5.41) is 11.3. The van der Waals surface area contributed by atoms with E-state index >= 15 is 0 Å². The van der Waals surface area contributed by atoms with E-state index in [0.29, 0.717) is 41.1 Å². The summed E-state index contributed by atoms with van der Waals surface area (Å²) in [6.45, 7) is 11.4. The number of nitro groups is 1. The molecule has 0 amide bonds. The molecule has 0 saturated heterocycles. The van der Waals surface area contributed by atoms with Gasteiger partial charge >= 0.3 is 0 Å². The zero-order chi connectivity index (χ0) is 26.0. The van der Waals surface area contributed by atoms with Gasteiger partial charge in [0, 0.05) is 17.6 Å². The Morgan fingerprint density at radius 1 is 1.03 bits per heavy atom. The molecule has 0 aliphatic heterocycles. The highest BCUT2D eigenvalue weighted by Crippen LogP contribution is 2.39. The number of rotatable bonds is 9. The summed E-state index contributed by atoms with van der Waals surface area (Å²) in [4.78, 5) is 14.2. The maximum absolute atomic E-state index is 14.4. The average Bonchev–Trinajstić information content (AvgIpc) is 2.77. The smallest absolute Gasteiger partial charge is 0.275 e. The molecule has 35 heavy (non-hydrogen) atoms. The fraction of sp³-hybridized carbons (Fsp3) is 0.375. The summed E-state index contributed by atoms with van der Waals surface area (Å²) in [5.41, 5.74) is -0.278. The molecule has 8 nitrogen and oxygen atoms in total. The number of hydrogen-bond acceptors (Lipinski definition) is 7. The van der Waals surface area contributed by atoms with Crippen molar-refractivity contribution in [3.63, 3.8) is 0 Å². The Hall–Kier alpha value is -3.31. The highest BCUT2D eigenvalue weighted by molar-refractivity contribution is 6.74. The van der Waals surface area contributed by atoms with Crippen molar-refractivity contribution in [3.8, 4) is 23.0 Å². The molecular weight excluding hydrogens is 478 g/mol. The van der Waals surface area contributed by atoms with E-state index in [2.05, 4.69) is 38.8 Å².